The molecule has 78 valence electrons. The molecule has 5 heteroatoms. The Hall–Kier alpha value is -0.710. The Morgan fingerprint density at radius 3 is 2.64 bits per heavy atom. The fourth-order valence-electron chi connectivity index (χ4n) is 1.25. The van der Waals surface area contributed by atoms with Crippen LogP contribution in [0.2, 0.25) is 0 Å². The number of pyridine rings is 1. The van der Waals surface area contributed by atoms with Gasteiger partial charge in [-0.25, -0.2) is 8.78 Å². The molecule has 0 amide bonds. The molecule has 14 heavy (non-hydrogen) atoms. The van der Waals surface area contributed by atoms with Crippen LogP contribution in [0.15, 0.2) is 6.20 Å². The van der Waals surface area contributed by atoms with E-state index >= 15 is 0 Å². The van der Waals surface area contributed by atoms with Crippen LogP contribution in [0.4, 0.5) is 8.78 Å². The van der Waals surface area contributed by atoms with Gasteiger partial charge in [0.15, 0.2) is 0 Å². The summed E-state index contributed by atoms with van der Waals surface area (Å²) in [5.74, 6) is 0.178. The topological polar surface area (TPSA) is 22.1 Å². The van der Waals surface area contributed by atoms with Gasteiger partial charge in [-0.15, -0.1) is 0 Å². The molecule has 0 spiro atoms. The summed E-state index contributed by atoms with van der Waals surface area (Å²) in [6.45, 7) is 1.64. The molecule has 0 radical (unpaired) electrons. The molecule has 0 aliphatic rings. The molecule has 0 atom stereocenters. The molecular weight excluding hydrogens is 256 g/mol. The van der Waals surface area contributed by atoms with Gasteiger partial charge >= 0.3 is 0 Å². The first-order valence-electron chi connectivity index (χ1n) is 3.98. The maximum Gasteiger partial charge on any atom is 0.267 e. The van der Waals surface area contributed by atoms with Crippen molar-refractivity contribution in [2.75, 3.05) is 7.11 Å². The lowest BCUT2D eigenvalue weighted by Crippen LogP contribution is -2.01. The molecule has 2 nitrogen and oxygen atoms in total. The summed E-state index contributed by atoms with van der Waals surface area (Å²) >= 11 is 3.14. The van der Waals surface area contributed by atoms with E-state index in [-0.39, 0.29) is 11.3 Å². The number of aryl methyl sites for hydroxylation is 1. The third-order valence-electron chi connectivity index (χ3n) is 1.90. The van der Waals surface area contributed by atoms with Crippen LogP contribution in [0.25, 0.3) is 0 Å². The van der Waals surface area contributed by atoms with Gasteiger partial charge in [0.2, 0.25) is 0 Å². The summed E-state index contributed by atoms with van der Waals surface area (Å²) < 4.78 is 30.3. The zero-order valence-corrected chi connectivity index (χ0v) is 9.44. The second-order valence-corrected chi connectivity index (χ2v) is 3.31. The highest BCUT2D eigenvalue weighted by Crippen LogP contribution is 2.34. The fourth-order valence-corrected chi connectivity index (χ4v) is 1.69. The number of halogens is 3. The van der Waals surface area contributed by atoms with Crippen LogP contribution in [-0.2, 0) is 5.33 Å². The molecule has 0 N–H and O–H groups in total. The van der Waals surface area contributed by atoms with Gasteiger partial charge in [0.05, 0.1) is 18.4 Å². The lowest BCUT2D eigenvalue weighted by molar-refractivity contribution is 0.145. The number of hydrogen-bond acceptors (Lipinski definition) is 2. The van der Waals surface area contributed by atoms with Gasteiger partial charge in [-0.1, -0.05) is 15.9 Å². The first kappa shape index (κ1) is 11.4. The molecule has 1 aromatic rings. The highest BCUT2D eigenvalue weighted by Gasteiger charge is 2.20. The lowest BCUT2D eigenvalue weighted by atomic mass is 10.1. The average molecular weight is 266 g/mol. The molecule has 0 aromatic carbocycles. The van der Waals surface area contributed by atoms with Crippen LogP contribution >= 0.6 is 15.9 Å². The highest BCUT2D eigenvalue weighted by atomic mass is 79.9. The van der Waals surface area contributed by atoms with Gasteiger partial charge in [0.25, 0.3) is 6.43 Å². The summed E-state index contributed by atoms with van der Waals surface area (Å²) in [4.78, 5) is 3.98. The van der Waals surface area contributed by atoms with Crippen LogP contribution in [0.1, 0.15) is 23.2 Å². The predicted molar refractivity (Wildman–Crippen MR) is 53.1 cm³/mol. The van der Waals surface area contributed by atoms with Crippen molar-refractivity contribution in [1.82, 2.24) is 4.98 Å². The summed E-state index contributed by atoms with van der Waals surface area (Å²) in [6.07, 6.45) is -1.10. The third kappa shape index (κ3) is 2.03. The molecule has 1 aromatic heterocycles. The minimum Gasteiger partial charge on any atom is -0.494 e. The van der Waals surface area contributed by atoms with Crippen molar-refractivity contribution in [2.24, 2.45) is 0 Å². The highest BCUT2D eigenvalue weighted by molar-refractivity contribution is 9.08. The average Bonchev–Trinajstić information content (AvgIpc) is 2.17. The van der Waals surface area contributed by atoms with Gasteiger partial charge in [-0.05, 0) is 12.5 Å². The van der Waals surface area contributed by atoms with Gasteiger partial charge in [0.1, 0.15) is 5.75 Å². The summed E-state index contributed by atoms with van der Waals surface area (Å²) in [7, 11) is 1.37. The minimum absolute atomic E-state index is 0.0723. The quantitative estimate of drug-likeness (QED) is 0.783. The first-order valence-corrected chi connectivity index (χ1v) is 5.10. The monoisotopic (exact) mass is 265 g/mol. The van der Waals surface area contributed by atoms with Crippen molar-refractivity contribution in [1.29, 1.82) is 0 Å². The number of hydrogen-bond donors (Lipinski definition) is 0. The van der Waals surface area contributed by atoms with Crippen LogP contribution < -0.4 is 4.74 Å². The Bertz CT molecular complexity index is 331. The molecule has 1 heterocycles. The summed E-state index contributed by atoms with van der Waals surface area (Å²) in [6, 6.07) is 0. The van der Waals surface area contributed by atoms with Crippen LogP contribution in [0, 0.1) is 6.92 Å². The molecule has 0 saturated heterocycles. The summed E-state index contributed by atoms with van der Waals surface area (Å²) in [5, 5.41) is 0.344. The number of nitrogens with zero attached hydrogens (tertiary/aromatic N) is 1. The van der Waals surface area contributed by atoms with Crippen molar-refractivity contribution in [3.05, 3.63) is 23.0 Å². The predicted octanol–water partition coefficient (Wildman–Crippen LogP) is 3.23. The Labute approximate surface area is 89.4 Å². The Morgan fingerprint density at radius 1 is 1.57 bits per heavy atom. The van der Waals surface area contributed by atoms with Crippen LogP contribution in [0.3, 0.4) is 0 Å². The van der Waals surface area contributed by atoms with E-state index in [4.69, 9.17) is 4.74 Å². The van der Waals surface area contributed by atoms with Crippen molar-refractivity contribution in [3.8, 4) is 5.75 Å². The van der Waals surface area contributed by atoms with Crippen molar-refractivity contribution in [2.45, 2.75) is 18.7 Å². The minimum atomic E-state index is -2.54. The molecule has 0 saturated carbocycles. The molecule has 0 aliphatic heterocycles. The number of ether oxygens (including phenoxy) is 1. The number of rotatable bonds is 3. The molecule has 1 rings (SSSR count). The maximum absolute atomic E-state index is 12.7. The number of aromatic nitrogens is 1. The summed E-state index contributed by atoms with van der Waals surface area (Å²) in [5.41, 5.74) is 0.867. The Morgan fingerprint density at radius 2 is 2.21 bits per heavy atom. The van der Waals surface area contributed by atoms with Gasteiger partial charge in [-0.2, -0.15) is 0 Å². The van der Waals surface area contributed by atoms with E-state index in [1.165, 1.54) is 13.3 Å². The van der Waals surface area contributed by atoms with Gasteiger partial charge in [-0.3, -0.25) is 4.98 Å². The molecule has 0 aliphatic carbocycles. The van der Waals surface area contributed by atoms with Gasteiger partial charge < -0.3 is 4.74 Å². The third-order valence-corrected chi connectivity index (χ3v) is 2.50. The number of alkyl halides is 3. The van der Waals surface area contributed by atoms with E-state index in [1.54, 1.807) is 6.92 Å². The fraction of sp³-hybridized carbons (Fsp3) is 0.444. The Kier molecular flexibility index (Phi) is 3.80. The van der Waals surface area contributed by atoms with E-state index < -0.39 is 6.43 Å². The second-order valence-electron chi connectivity index (χ2n) is 2.75. The Balaban J connectivity index is 3.36. The van der Waals surface area contributed by atoms with Crippen molar-refractivity contribution >= 4 is 15.9 Å². The van der Waals surface area contributed by atoms with Crippen LogP contribution in [-0.4, -0.2) is 12.1 Å². The first-order chi connectivity index (χ1) is 6.61. The second kappa shape index (κ2) is 4.68. The van der Waals surface area contributed by atoms with Gasteiger partial charge in [0, 0.05) is 11.5 Å². The maximum atomic E-state index is 12.7. The molecule has 0 unspecified atom stereocenters. The zero-order chi connectivity index (χ0) is 10.7. The van der Waals surface area contributed by atoms with E-state index in [0.29, 0.717) is 16.6 Å². The van der Waals surface area contributed by atoms with Crippen LogP contribution in [0.5, 0.6) is 5.75 Å². The van der Waals surface area contributed by atoms with E-state index in [0.717, 1.165) is 0 Å². The van der Waals surface area contributed by atoms with E-state index in [9.17, 15) is 8.78 Å². The van der Waals surface area contributed by atoms with E-state index in [1.807, 2.05) is 0 Å². The molecule has 0 bridgehead atoms. The van der Waals surface area contributed by atoms with E-state index in [2.05, 4.69) is 20.9 Å². The molecular formula is C9H10BrF2NO. The molecule has 0 fully saturated rings. The SMILES string of the molecule is COc1c(C)ncc(CBr)c1C(F)F. The van der Waals surface area contributed by atoms with Crippen molar-refractivity contribution < 1.29 is 13.5 Å². The lowest BCUT2D eigenvalue weighted by Gasteiger charge is -2.13. The standard InChI is InChI=1S/C9H10BrF2NO/c1-5-8(14-2)7(9(11)12)6(3-10)4-13-5/h4,9H,3H2,1-2H3. The largest absolute Gasteiger partial charge is 0.494 e. The zero-order valence-electron chi connectivity index (χ0n) is 7.85. The van der Waals surface area contributed by atoms with Crippen molar-refractivity contribution in [3.63, 3.8) is 0 Å². The number of methoxy groups -OCH3 is 1. The normalized spacial score (nSPS) is 10.7. The smallest absolute Gasteiger partial charge is 0.267 e.